The van der Waals surface area contributed by atoms with Crippen LogP contribution in [0.1, 0.15) is 49.7 Å². The topological polar surface area (TPSA) is 49.7 Å². The number of nitrogens with zero attached hydrogens (tertiary/aromatic N) is 4. The number of H-pyrrole nitrogens is 1. The van der Waals surface area contributed by atoms with E-state index in [2.05, 4.69) is 81.7 Å². The van der Waals surface area contributed by atoms with Gasteiger partial charge in [-0.1, -0.05) is 43.7 Å². The van der Waals surface area contributed by atoms with Crippen LogP contribution in [-0.2, 0) is 6.42 Å². The number of hydrogen-bond acceptors (Lipinski definition) is 3. The Morgan fingerprint density at radius 3 is 2.59 bits per heavy atom. The van der Waals surface area contributed by atoms with Crippen molar-refractivity contribution in [3.05, 3.63) is 78.5 Å². The first-order chi connectivity index (χ1) is 15.8. The van der Waals surface area contributed by atoms with Crippen LogP contribution in [-0.4, -0.2) is 44.3 Å². The molecule has 0 spiro atoms. The summed E-state index contributed by atoms with van der Waals surface area (Å²) in [4.78, 5) is 6.11. The summed E-state index contributed by atoms with van der Waals surface area (Å²) in [6, 6.07) is 17.4. The maximum Gasteiger partial charge on any atom is 0.123 e. The lowest BCUT2D eigenvalue weighted by Gasteiger charge is -2.33. The number of benzene rings is 2. The molecular weight excluding hydrogens is 394 g/mol. The third-order valence-electron chi connectivity index (χ3n) is 7.13. The van der Waals surface area contributed by atoms with Crippen molar-refractivity contribution in [3.8, 4) is 5.69 Å². The SMILES string of the molecule is C[C@@H](CN1CCC(CCCc2c[nH]c3ccc(-n4cnnc4)cc23)CC1)c1ccccc1. The molecular formula is C27H33N5. The van der Waals surface area contributed by atoms with Crippen LogP contribution in [0, 0.1) is 5.92 Å². The number of piperidine rings is 1. The molecule has 0 amide bonds. The summed E-state index contributed by atoms with van der Waals surface area (Å²) in [6.45, 7) is 6.03. The first-order valence-corrected chi connectivity index (χ1v) is 12.0. The molecule has 2 aromatic heterocycles. The standard InChI is InChI=1S/C27H33N5/c1-21(23-7-3-2-4-8-23)18-31-14-12-22(13-15-31)6-5-9-24-17-28-27-11-10-25(16-26(24)27)32-19-29-30-20-32/h2-4,7-8,10-11,16-17,19-22,28H,5-6,9,12-15,18H2,1H3/t21-/m0/s1. The molecule has 1 saturated heterocycles. The zero-order chi connectivity index (χ0) is 21.8. The smallest absolute Gasteiger partial charge is 0.123 e. The average molecular weight is 428 g/mol. The Labute approximate surface area is 190 Å². The van der Waals surface area contributed by atoms with Gasteiger partial charge in [0.05, 0.1) is 0 Å². The van der Waals surface area contributed by atoms with Gasteiger partial charge in [0, 0.05) is 29.3 Å². The van der Waals surface area contributed by atoms with E-state index in [1.54, 1.807) is 12.7 Å². The molecule has 3 heterocycles. The van der Waals surface area contributed by atoms with Crippen molar-refractivity contribution in [3.63, 3.8) is 0 Å². The molecule has 1 atom stereocenters. The van der Waals surface area contributed by atoms with E-state index in [-0.39, 0.29) is 0 Å². The van der Waals surface area contributed by atoms with E-state index in [0.717, 1.165) is 18.0 Å². The fraction of sp³-hybridized carbons (Fsp3) is 0.407. The van der Waals surface area contributed by atoms with Gasteiger partial charge in [0.1, 0.15) is 12.7 Å². The number of nitrogens with one attached hydrogen (secondary N) is 1. The lowest BCUT2D eigenvalue weighted by molar-refractivity contribution is 0.171. The number of aryl methyl sites for hydroxylation is 1. The normalized spacial score (nSPS) is 16.5. The minimum absolute atomic E-state index is 0.609. The molecule has 2 aromatic carbocycles. The fourth-order valence-corrected chi connectivity index (χ4v) is 5.18. The molecule has 4 aromatic rings. The van der Waals surface area contributed by atoms with Gasteiger partial charge in [-0.15, -0.1) is 10.2 Å². The van der Waals surface area contributed by atoms with Crippen molar-refractivity contribution < 1.29 is 0 Å². The molecule has 5 rings (SSSR count). The molecule has 0 radical (unpaired) electrons. The largest absolute Gasteiger partial charge is 0.361 e. The summed E-state index contributed by atoms with van der Waals surface area (Å²) in [6.07, 6.45) is 12.1. The van der Waals surface area contributed by atoms with E-state index >= 15 is 0 Å². The molecule has 0 saturated carbocycles. The highest BCUT2D eigenvalue weighted by Gasteiger charge is 2.20. The maximum absolute atomic E-state index is 3.93. The zero-order valence-corrected chi connectivity index (χ0v) is 19.0. The van der Waals surface area contributed by atoms with E-state index < -0.39 is 0 Å². The van der Waals surface area contributed by atoms with E-state index in [4.69, 9.17) is 0 Å². The summed E-state index contributed by atoms with van der Waals surface area (Å²) < 4.78 is 1.96. The second kappa shape index (κ2) is 9.70. The Balaban J connectivity index is 1.10. The average Bonchev–Trinajstić information content (AvgIpc) is 3.51. The van der Waals surface area contributed by atoms with Gasteiger partial charge < -0.3 is 9.88 Å². The lowest BCUT2D eigenvalue weighted by atomic mass is 9.90. The first-order valence-electron chi connectivity index (χ1n) is 12.0. The van der Waals surface area contributed by atoms with Crippen molar-refractivity contribution >= 4 is 10.9 Å². The van der Waals surface area contributed by atoms with Crippen LogP contribution in [0.3, 0.4) is 0 Å². The predicted molar refractivity (Wildman–Crippen MR) is 130 cm³/mol. The van der Waals surface area contributed by atoms with Crippen LogP contribution >= 0.6 is 0 Å². The van der Waals surface area contributed by atoms with Crippen LogP contribution in [0.25, 0.3) is 16.6 Å². The van der Waals surface area contributed by atoms with Crippen molar-refractivity contribution in [1.29, 1.82) is 0 Å². The molecule has 1 N–H and O–H groups in total. The van der Waals surface area contributed by atoms with Crippen molar-refractivity contribution in [2.45, 2.75) is 44.9 Å². The van der Waals surface area contributed by atoms with Gasteiger partial charge in [0.2, 0.25) is 0 Å². The van der Waals surface area contributed by atoms with Crippen LogP contribution in [0.4, 0.5) is 0 Å². The lowest BCUT2D eigenvalue weighted by Crippen LogP contribution is -2.36. The minimum atomic E-state index is 0.609. The number of aromatic nitrogens is 4. The zero-order valence-electron chi connectivity index (χ0n) is 19.0. The van der Waals surface area contributed by atoms with E-state index in [0.29, 0.717) is 5.92 Å². The molecule has 0 unspecified atom stereocenters. The molecule has 32 heavy (non-hydrogen) atoms. The summed E-state index contributed by atoms with van der Waals surface area (Å²) >= 11 is 0. The van der Waals surface area contributed by atoms with E-state index in [1.807, 2.05) is 4.57 Å². The summed E-state index contributed by atoms with van der Waals surface area (Å²) in [5.74, 6) is 1.48. The Morgan fingerprint density at radius 2 is 1.81 bits per heavy atom. The summed E-state index contributed by atoms with van der Waals surface area (Å²) in [5, 5.41) is 9.18. The Hall–Kier alpha value is -2.92. The van der Waals surface area contributed by atoms with Gasteiger partial charge in [0.15, 0.2) is 0 Å². The van der Waals surface area contributed by atoms with Gasteiger partial charge in [0.25, 0.3) is 0 Å². The third kappa shape index (κ3) is 4.78. The number of aromatic amines is 1. The van der Waals surface area contributed by atoms with Crippen LogP contribution in [0.5, 0.6) is 0 Å². The summed E-state index contributed by atoms with van der Waals surface area (Å²) in [7, 11) is 0. The molecule has 1 aliphatic heterocycles. The molecule has 1 aliphatic rings. The van der Waals surface area contributed by atoms with Crippen LogP contribution in [0.15, 0.2) is 67.4 Å². The van der Waals surface area contributed by atoms with Gasteiger partial charge >= 0.3 is 0 Å². The fourth-order valence-electron chi connectivity index (χ4n) is 5.18. The second-order valence-electron chi connectivity index (χ2n) is 9.36. The number of fused-ring (bicyclic) bond motifs is 1. The molecule has 5 nitrogen and oxygen atoms in total. The monoisotopic (exact) mass is 427 g/mol. The quantitative estimate of drug-likeness (QED) is 0.399. The highest BCUT2D eigenvalue weighted by atomic mass is 15.2. The van der Waals surface area contributed by atoms with E-state index in [1.165, 1.54) is 67.3 Å². The molecule has 1 fully saturated rings. The maximum atomic E-state index is 3.93. The van der Waals surface area contributed by atoms with Crippen LogP contribution in [0.2, 0.25) is 0 Å². The van der Waals surface area contributed by atoms with Gasteiger partial charge in [-0.3, -0.25) is 4.57 Å². The second-order valence-corrected chi connectivity index (χ2v) is 9.36. The van der Waals surface area contributed by atoms with Crippen molar-refractivity contribution in [1.82, 2.24) is 24.6 Å². The Bertz CT molecular complexity index is 1110. The first kappa shape index (κ1) is 21.0. The summed E-state index contributed by atoms with van der Waals surface area (Å²) in [5.41, 5.74) is 5.20. The molecule has 5 heteroatoms. The molecule has 166 valence electrons. The molecule has 0 bridgehead atoms. The third-order valence-corrected chi connectivity index (χ3v) is 7.13. The Kier molecular flexibility index (Phi) is 6.35. The Morgan fingerprint density at radius 1 is 1.03 bits per heavy atom. The van der Waals surface area contributed by atoms with Gasteiger partial charge in [-0.25, -0.2) is 0 Å². The number of rotatable bonds is 8. The number of hydrogen-bond donors (Lipinski definition) is 1. The number of likely N-dealkylation sites (tertiary alicyclic amines) is 1. The van der Waals surface area contributed by atoms with Crippen molar-refractivity contribution in [2.75, 3.05) is 19.6 Å². The predicted octanol–water partition coefficient (Wildman–Crippen LogP) is 5.59. The highest BCUT2D eigenvalue weighted by molar-refractivity contribution is 5.85. The minimum Gasteiger partial charge on any atom is -0.361 e. The van der Waals surface area contributed by atoms with Gasteiger partial charge in [-0.05, 0) is 79.9 Å². The van der Waals surface area contributed by atoms with Crippen molar-refractivity contribution in [2.24, 2.45) is 5.92 Å². The highest BCUT2D eigenvalue weighted by Crippen LogP contribution is 2.27. The van der Waals surface area contributed by atoms with E-state index in [9.17, 15) is 0 Å². The molecule has 0 aliphatic carbocycles. The van der Waals surface area contributed by atoms with Crippen LogP contribution < -0.4 is 0 Å². The van der Waals surface area contributed by atoms with Gasteiger partial charge in [-0.2, -0.15) is 0 Å².